The maximum atomic E-state index is 13.8. The van der Waals surface area contributed by atoms with E-state index in [1.165, 1.54) is 6.92 Å². The van der Waals surface area contributed by atoms with E-state index < -0.39 is 114 Å². The zero-order chi connectivity index (χ0) is 47.3. The number of hydrogen-bond donors (Lipinski definition) is 14. The topological polar surface area (TPSA) is 392 Å². The van der Waals surface area contributed by atoms with Crippen molar-refractivity contribution in [1.82, 2.24) is 37.2 Å². The first kappa shape index (κ1) is 55.9. The summed E-state index contributed by atoms with van der Waals surface area (Å²) < 4.78 is 0. The van der Waals surface area contributed by atoms with Crippen molar-refractivity contribution >= 4 is 53.3 Å². The molecule has 0 aromatic carbocycles. The fraction of sp³-hybridized carbons (Fsp3) is 0.763. The first-order chi connectivity index (χ1) is 28.3. The summed E-state index contributed by atoms with van der Waals surface area (Å²) >= 11 is 0. The van der Waals surface area contributed by atoms with Crippen LogP contribution in [0.4, 0.5) is 0 Å². The molecular formula is C38H71N11O12. The van der Waals surface area contributed by atoms with E-state index in [-0.39, 0.29) is 49.5 Å². The molecule has 0 saturated heterocycles. The van der Waals surface area contributed by atoms with Crippen molar-refractivity contribution in [3.05, 3.63) is 0 Å². The second-order valence-electron chi connectivity index (χ2n) is 16.1. The van der Waals surface area contributed by atoms with Crippen molar-refractivity contribution in [2.45, 2.75) is 155 Å². The molecule has 0 bridgehead atoms. The summed E-state index contributed by atoms with van der Waals surface area (Å²) in [6.45, 7) is 13.5. The van der Waals surface area contributed by atoms with Crippen LogP contribution in [0.2, 0.25) is 0 Å². The van der Waals surface area contributed by atoms with Crippen LogP contribution in [-0.4, -0.2) is 147 Å². The van der Waals surface area contributed by atoms with Gasteiger partial charge >= 0.3 is 5.97 Å². The van der Waals surface area contributed by atoms with Crippen molar-refractivity contribution < 1.29 is 58.8 Å². The van der Waals surface area contributed by atoms with Gasteiger partial charge in [-0.1, -0.05) is 48.0 Å². The first-order valence-electron chi connectivity index (χ1n) is 20.4. The second kappa shape index (κ2) is 27.7. The van der Waals surface area contributed by atoms with E-state index in [1.807, 2.05) is 26.1 Å². The largest absolute Gasteiger partial charge is 0.480 e. The molecular weight excluding hydrogens is 802 g/mol. The summed E-state index contributed by atoms with van der Waals surface area (Å²) in [6.07, 6.45) is -2.20. The number of guanidine groups is 1. The third-order valence-electron chi connectivity index (χ3n) is 9.45. The number of carbonyl (C=O) groups is 8. The highest BCUT2D eigenvalue weighted by Crippen LogP contribution is 2.12. The molecule has 7 amide bonds. The van der Waals surface area contributed by atoms with Gasteiger partial charge in [-0.05, 0) is 64.2 Å². The van der Waals surface area contributed by atoms with E-state index in [4.69, 9.17) is 17.2 Å². The predicted molar refractivity (Wildman–Crippen MR) is 224 cm³/mol. The van der Waals surface area contributed by atoms with Gasteiger partial charge < -0.3 is 74.8 Å². The number of carbonyl (C=O) groups excluding carboxylic acids is 7. The number of aliphatic hydroxyl groups is 3. The minimum absolute atomic E-state index is 0.0198. The van der Waals surface area contributed by atoms with E-state index >= 15 is 0 Å². The van der Waals surface area contributed by atoms with Crippen LogP contribution in [0.1, 0.15) is 94.4 Å². The monoisotopic (exact) mass is 874 g/mol. The summed E-state index contributed by atoms with van der Waals surface area (Å²) in [5.74, 6) is -8.32. The molecule has 0 radical (unpaired) electrons. The van der Waals surface area contributed by atoms with Gasteiger partial charge in [-0.25, -0.2) is 4.79 Å². The Morgan fingerprint density at radius 1 is 0.574 bits per heavy atom. The normalized spacial score (nSPS) is 16.7. The Morgan fingerprint density at radius 3 is 1.51 bits per heavy atom. The minimum atomic E-state index is -1.80. The van der Waals surface area contributed by atoms with Gasteiger partial charge in [0.2, 0.25) is 41.4 Å². The Bertz CT molecular complexity index is 1510. The molecule has 0 aliphatic carbocycles. The van der Waals surface area contributed by atoms with Gasteiger partial charge in [0.15, 0.2) is 12.0 Å². The van der Waals surface area contributed by atoms with Crippen molar-refractivity contribution in [2.75, 3.05) is 13.2 Å². The van der Waals surface area contributed by atoms with Crippen LogP contribution in [0.5, 0.6) is 0 Å². The molecule has 23 nitrogen and oxygen atoms in total. The molecule has 0 heterocycles. The van der Waals surface area contributed by atoms with Crippen molar-refractivity contribution in [2.24, 2.45) is 39.9 Å². The van der Waals surface area contributed by atoms with Crippen molar-refractivity contribution in [3.63, 3.8) is 0 Å². The fourth-order valence-electron chi connectivity index (χ4n) is 5.75. The number of rotatable bonds is 28. The molecule has 0 aromatic heterocycles. The Balaban J connectivity index is 6.24. The second-order valence-corrected chi connectivity index (χ2v) is 16.1. The zero-order valence-corrected chi connectivity index (χ0v) is 36.7. The van der Waals surface area contributed by atoms with Crippen LogP contribution in [0, 0.1) is 17.8 Å². The van der Waals surface area contributed by atoms with Crippen LogP contribution >= 0.6 is 0 Å². The molecule has 0 saturated carbocycles. The standard InChI is InChI=1S/C38H71N11O12/c1-10-19(6)27(47-31(54)23(39)14-17(2)3)35(58)43-20(7)30(53)45-25(15-18(4)5)33(56)44-24(12-11-13-42-38(40)41)32(55)46-26(16-50)34(57)48-28(21(8)51)36(59)49-29(22(9)52)37(60)61/h17-29,50-52H,10-16,39H2,1-9H3,(H,43,58)(H,44,56)(H,45,53)(H,46,55)(H,47,54)(H,48,57)(H,49,59)(H,60,61)(H4,40,41,42). The smallest absolute Gasteiger partial charge is 0.328 e. The molecule has 0 aromatic rings. The Morgan fingerprint density at radius 2 is 1.03 bits per heavy atom. The SMILES string of the molecule is CCC(C)C(NC(=O)C(N)CC(C)C)C(=O)NC(C)C(=O)NC(CC(C)C)C(=O)NC(CCCN=C(N)N)C(=O)NC(CO)C(=O)NC(C(=O)NC(C(=O)O)C(C)O)C(C)O. The van der Waals surface area contributed by atoms with E-state index in [1.54, 1.807) is 20.8 Å². The van der Waals surface area contributed by atoms with Crippen molar-refractivity contribution in [3.8, 4) is 0 Å². The van der Waals surface area contributed by atoms with Gasteiger partial charge in [0.25, 0.3) is 0 Å². The molecule has 11 atom stereocenters. The Kier molecular flexibility index (Phi) is 25.3. The molecule has 0 aliphatic rings. The van der Waals surface area contributed by atoms with Gasteiger partial charge in [0.1, 0.15) is 36.3 Å². The van der Waals surface area contributed by atoms with Gasteiger partial charge in [-0.15, -0.1) is 0 Å². The van der Waals surface area contributed by atoms with Crippen LogP contribution in [-0.2, 0) is 38.4 Å². The minimum Gasteiger partial charge on any atom is -0.480 e. The summed E-state index contributed by atoms with van der Waals surface area (Å²) in [6, 6.07) is -11.1. The number of aliphatic hydroxyl groups excluding tert-OH is 3. The Labute approximate surface area is 356 Å². The summed E-state index contributed by atoms with van der Waals surface area (Å²) in [5.41, 5.74) is 16.8. The number of carboxylic acids is 1. The third kappa shape index (κ3) is 20.8. The number of nitrogens with zero attached hydrogens (tertiary/aromatic N) is 1. The molecule has 350 valence electrons. The lowest BCUT2D eigenvalue weighted by molar-refractivity contribution is -0.146. The van der Waals surface area contributed by atoms with E-state index in [9.17, 15) is 58.8 Å². The van der Waals surface area contributed by atoms with Crippen LogP contribution in [0.3, 0.4) is 0 Å². The maximum Gasteiger partial charge on any atom is 0.328 e. The number of nitrogens with two attached hydrogens (primary N) is 3. The average molecular weight is 874 g/mol. The highest BCUT2D eigenvalue weighted by atomic mass is 16.4. The Hall–Kier alpha value is -5.13. The molecule has 0 fully saturated rings. The molecule has 23 heteroatoms. The molecule has 17 N–H and O–H groups in total. The number of aliphatic carboxylic acids is 1. The predicted octanol–water partition coefficient (Wildman–Crippen LogP) is -4.24. The zero-order valence-electron chi connectivity index (χ0n) is 36.7. The van der Waals surface area contributed by atoms with Crippen LogP contribution in [0.15, 0.2) is 4.99 Å². The summed E-state index contributed by atoms with van der Waals surface area (Å²) in [5, 5.41) is 56.1. The molecule has 0 spiro atoms. The van der Waals surface area contributed by atoms with Gasteiger partial charge in [0, 0.05) is 6.54 Å². The number of carboxylic acid groups (broad SMARTS) is 1. The lowest BCUT2D eigenvalue weighted by atomic mass is 9.96. The lowest BCUT2D eigenvalue weighted by Crippen LogP contribution is -2.62. The van der Waals surface area contributed by atoms with E-state index in [0.29, 0.717) is 12.8 Å². The highest BCUT2D eigenvalue weighted by molar-refractivity contribution is 5.97. The van der Waals surface area contributed by atoms with Crippen molar-refractivity contribution in [1.29, 1.82) is 0 Å². The number of hydrogen-bond acceptors (Lipinski definition) is 13. The molecule has 61 heavy (non-hydrogen) atoms. The van der Waals surface area contributed by atoms with E-state index in [0.717, 1.165) is 13.8 Å². The van der Waals surface area contributed by atoms with Crippen LogP contribution < -0.4 is 54.4 Å². The van der Waals surface area contributed by atoms with Gasteiger partial charge in [0.05, 0.1) is 24.9 Å². The summed E-state index contributed by atoms with van der Waals surface area (Å²) in [4.78, 5) is 108. The quantitative estimate of drug-likeness (QED) is 0.0201. The fourth-order valence-corrected chi connectivity index (χ4v) is 5.75. The summed E-state index contributed by atoms with van der Waals surface area (Å²) in [7, 11) is 0. The third-order valence-corrected chi connectivity index (χ3v) is 9.45. The van der Waals surface area contributed by atoms with E-state index in [2.05, 4.69) is 36.9 Å². The number of aliphatic imine (C=N–C) groups is 1. The average Bonchev–Trinajstić information content (AvgIpc) is 3.15. The molecule has 0 aliphatic heterocycles. The maximum absolute atomic E-state index is 13.8. The number of nitrogens with one attached hydrogen (secondary N) is 7. The molecule has 11 unspecified atom stereocenters. The highest BCUT2D eigenvalue weighted by Gasteiger charge is 2.36. The van der Waals surface area contributed by atoms with Gasteiger partial charge in [-0.3, -0.25) is 38.6 Å². The van der Waals surface area contributed by atoms with Gasteiger partial charge in [-0.2, -0.15) is 0 Å². The van der Waals surface area contributed by atoms with Crippen LogP contribution in [0.25, 0.3) is 0 Å². The number of amides is 7. The first-order valence-corrected chi connectivity index (χ1v) is 20.4. The molecule has 0 rings (SSSR count). The lowest BCUT2D eigenvalue weighted by Gasteiger charge is -2.28.